The summed E-state index contributed by atoms with van der Waals surface area (Å²) in [5.41, 5.74) is 43.1. The van der Waals surface area contributed by atoms with E-state index in [1.165, 1.54) is 144 Å². The summed E-state index contributed by atoms with van der Waals surface area (Å²) < 4.78 is 20.3. The Bertz CT molecular complexity index is 8250. The maximum absolute atomic E-state index is 9.80. The van der Waals surface area contributed by atoms with Crippen molar-refractivity contribution in [1.82, 2.24) is 18.3 Å². The van der Waals surface area contributed by atoms with Crippen molar-refractivity contribution < 1.29 is 19.7 Å². The predicted octanol–water partition coefficient (Wildman–Crippen LogP) is 30.4. The Morgan fingerprint density at radius 2 is 0.414 bits per heavy atom. The van der Waals surface area contributed by atoms with Crippen LogP contribution in [0.1, 0.15) is 55.6 Å². The average molecular weight is 1810 g/mol. The third-order valence-corrected chi connectivity index (χ3v) is 30.3. The molecular weight excluding hydrogens is 1710 g/mol. The van der Waals surface area contributed by atoms with Crippen LogP contribution in [0, 0.1) is 0 Å². The van der Waals surface area contributed by atoms with Gasteiger partial charge in [0.15, 0.2) is 0 Å². The molecule has 2 spiro atoms. The highest BCUT2D eigenvalue weighted by molar-refractivity contribution is 6.14. The molecule has 4 aromatic heterocycles. The zero-order valence-electron chi connectivity index (χ0n) is 78.0. The van der Waals surface area contributed by atoms with E-state index in [9.17, 15) is 10.2 Å². The van der Waals surface area contributed by atoms with E-state index in [0.717, 1.165) is 112 Å². The molecule has 20 aromatic carbocycles. The van der Waals surface area contributed by atoms with Crippen LogP contribution in [0.3, 0.4) is 0 Å². The number of hydrogen-bond acceptors (Lipinski definition) is 7. The Hall–Kier alpha value is -17.5. The van der Waals surface area contributed by atoms with E-state index in [2.05, 4.69) is 479 Å². The Labute approximate surface area is 811 Å². The summed E-state index contributed by atoms with van der Waals surface area (Å²) in [4.78, 5) is 6.82. The maximum atomic E-state index is 9.80. The van der Waals surface area contributed by atoms with Gasteiger partial charge in [-0.1, -0.05) is 243 Å². The number of anilines is 6. The van der Waals surface area contributed by atoms with Crippen LogP contribution in [0.2, 0.25) is 0 Å². The number of methoxy groups -OCH3 is 2. The van der Waals surface area contributed by atoms with Gasteiger partial charge in [0.25, 0.3) is 0 Å². The fourth-order valence-electron chi connectivity index (χ4n) is 23.8. The van der Waals surface area contributed by atoms with Crippen LogP contribution >= 0.6 is 0 Å². The predicted molar refractivity (Wildman–Crippen MR) is 578 cm³/mol. The fourth-order valence-corrected chi connectivity index (χ4v) is 23.8. The largest absolute Gasteiger partial charge is 0.497 e. The smallest absolute Gasteiger partial charge is 0.119 e. The van der Waals surface area contributed by atoms with Crippen LogP contribution in [-0.2, 0) is 24.0 Å². The zero-order chi connectivity index (χ0) is 93.8. The first-order valence-corrected chi connectivity index (χ1v) is 47.9. The van der Waals surface area contributed by atoms with Gasteiger partial charge in [0.2, 0.25) is 0 Å². The number of ether oxygens (including phenoxy) is 2. The first kappa shape index (κ1) is 83.1. The molecule has 11 nitrogen and oxygen atoms in total. The van der Waals surface area contributed by atoms with Crippen molar-refractivity contribution in [3.05, 3.63) is 505 Å². The van der Waals surface area contributed by atoms with Crippen LogP contribution in [0.15, 0.2) is 449 Å². The van der Waals surface area contributed by atoms with Gasteiger partial charge in [-0.05, 0) is 306 Å². The first-order valence-electron chi connectivity index (χ1n) is 47.9. The summed E-state index contributed by atoms with van der Waals surface area (Å²) >= 11 is 0. The van der Waals surface area contributed by atoms with Gasteiger partial charge in [-0.2, -0.15) is 0 Å². The van der Waals surface area contributed by atoms with Crippen LogP contribution < -0.4 is 24.2 Å². The molecule has 0 saturated carbocycles. The van der Waals surface area contributed by atoms with Crippen molar-refractivity contribution in [1.29, 1.82) is 0 Å². The van der Waals surface area contributed by atoms with Gasteiger partial charge in [-0.25, -0.2) is 0 Å². The second-order valence-corrected chi connectivity index (χ2v) is 37.2. The Morgan fingerprint density at radius 3 is 0.679 bits per heavy atom. The number of aliphatic hydroxyl groups excluding tert-OH is 2. The van der Waals surface area contributed by atoms with Gasteiger partial charge in [-0.15, -0.1) is 0 Å². The third kappa shape index (κ3) is 12.5. The van der Waals surface area contributed by atoms with E-state index in [1.807, 2.05) is 24.3 Å². The van der Waals surface area contributed by atoms with Crippen molar-refractivity contribution in [2.75, 3.05) is 50.1 Å². The zero-order valence-corrected chi connectivity index (χ0v) is 78.0. The molecule has 0 atom stereocenters. The van der Waals surface area contributed by atoms with E-state index in [4.69, 9.17) is 9.47 Å². The Morgan fingerprint density at radius 1 is 0.200 bits per heavy atom. The normalized spacial score (nSPS) is 12.8. The van der Waals surface area contributed by atoms with Crippen molar-refractivity contribution in [3.63, 3.8) is 0 Å². The molecule has 0 fully saturated rings. The quantitative estimate of drug-likeness (QED) is 0.112. The molecule has 4 heterocycles. The summed E-state index contributed by atoms with van der Waals surface area (Å²) in [5, 5.41) is 29.0. The third-order valence-electron chi connectivity index (χ3n) is 30.3. The Kier molecular flexibility index (Phi) is 19.6. The topological polar surface area (TPSA) is 88.4 Å². The Balaban J connectivity index is 0.000000109. The number of benzene rings is 20. The molecule has 0 amide bonds. The monoisotopic (exact) mass is 1810 g/mol. The highest BCUT2D eigenvalue weighted by Crippen LogP contribution is 2.66. The van der Waals surface area contributed by atoms with Crippen molar-refractivity contribution in [2.45, 2.75) is 24.0 Å². The number of para-hydroxylation sites is 4. The van der Waals surface area contributed by atoms with E-state index < -0.39 is 0 Å². The van der Waals surface area contributed by atoms with Gasteiger partial charge in [-0.3, -0.25) is 0 Å². The lowest BCUT2D eigenvalue weighted by Gasteiger charge is -2.32. The second-order valence-electron chi connectivity index (χ2n) is 37.2. The fraction of sp³-hybridized carbons (Fsp3) is 0.0698. The SMILES string of the molecule is CN(c1ccc(-n2c3ccccc3c3ccccc32)cc1)c1ccc(-n2c3ccccc3c3ccccc32)cc1.CN(c1ccc2c(c1)C1(c3ccccc3-c3ccccc31)c1ccccc1-2)c1ccc2c(c1)C1(c3ccccc3-c3ccccc31)c1ccccc1-2.COc1ccc2c(c1)c1cc(CO)ccc1n2-c1ccc(N(C)c2ccc(-n3c4ccc(CO)cc4c4cc(OC)ccc43)cc2)cc1. The molecule has 4 aliphatic carbocycles. The number of aromatic nitrogens is 4. The summed E-state index contributed by atoms with van der Waals surface area (Å²) in [6.07, 6.45) is 0. The molecule has 24 aromatic rings. The van der Waals surface area contributed by atoms with E-state index in [-0.39, 0.29) is 24.0 Å². The number of fused-ring (bicyclic) bond motifs is 32. The molecule has 11 heteroatoms. The minimum atomic E-state index is -0.364. The lowest BCUT2D eigenvalue weighted by molar-refractivity contribution is 0.282. The number of nitrogens with zero attached hydrogens (tertiary/aromatic N) is 7. The summed E-state index contributed by atoms with van der Waals surface area (Å²) in [6.45, 7) is -0.0121. The lowest BCUT2D eigenvalue weighted by atomic mass is 9.70. The van der Waals surface area contributed by atoms with Gasteiger partial charge in [0, 0.05) is 121 Å². The number of rotatable bonds is 14. The summed E-state index contributed by atoms with van der Waals surface area (Å²) in [7, 11) is 9.80. The van der Waals surface area contributed by atoms with Crippen molar-refractivity contribution in [3.8, 4) is 78.8 Å². The maximum Gasteiger partial charge on any atom is 0.119 e. The van der Waals surface area contributed by atoms with Gasteiger partial charge < -0.3 is 52.7 Å². The molecule has 0 aliphatic heterocycles. The molecule has 670 valence electrons. The molecular formula is C129H95N7O4. The molecule has 0 saturated heterocycles. The van der Waals surface area contributed by atoms with Crippen LogP contribution in [-0.4, -0.2) is 63.8 Å². The lowest BCUT2D eigenvalue weighted by Crippen LogP contribution is -2.26. The van der Waals surface area contributed by atoms with Gasteiger partial charge in [0.1, 0.15) is 11.5 Å². The average Bonchev–Trinajstić information content (AvgIpc) is 1.51. The van der Waals surface area contributed by atoms with Crippen molar-refractivity contribution in [2.24, 2.45) is 0 Å². The second kappa shape index (κ2) is 32.9. The standard InChI is InChI=1S/C51H33N.C41H35N3O4.C37H27N3/c1-52(32-26-28-40-38-18-6-12-24-46(38)50(48(40)30-32)42-20-8-2-14-34(42)35-15-3-9-21-43(35)50)33-27-29-41-39-19-7-13-25-47(39)51(49(41)31-33)44-22-10-4-16-36(44)37-17-5-11-23-45(37)51;1-42(28-6-10-30(11-7-28)43-38-16-4-26(24-45)20-34(38)36-22-32(47-2)14-18-40(36)43)29-8-12-31(13-9-29)44-39-17-5-27(25-46)21-35(39)37-23-33(48-3)15-19-41(37)44;1-38(26-18-22-28(23-19-26)39-34-14-6-2-10-30(34)31-11-3-7-15-35(31)39)27-20-24-29(25-21-27)40-36-16-8-4-12-32(36)33-13-5-9-17-37(33)40/h2-31H,1H3;4-23,45-46H,24-25H2,1-3H3;2-25H,1H3. The number of hydrogen-bond donors (Lipinski definition) is 2. The van der Waals surface area contributed by atoms with Gasteiger partial charge >= 0.3 is 0 Å². The molecule has 2 N–H and O–H groups in total. The van der Waals surface area contributed by atoms with Crippen LogP contribution in [0.25, 0.3) is 154 Å². The van der Waals surface area contributed by atoms with Gasteiger partial charge in [0.05, 0.1) is 82.4 Å². The summed E-state index contributed by atoms with van der Waals surface area (Å²) in [5.74, 6) is 1.60. The van der Waals surface area contributed by atoms with E-state index >= 15 is 0 Å². The molecule has 0 radical (unpaired) electrons. The highest BCUT2D eigenvalue weighted by Gasteiger charge is 2.54. The molecule has 0 unspecified atom stereocenters. The summed E-state index contributed by atoms with van der Waals surface area (Å²) in [6, 6.07) is 163. The van der Waals surface area contributed by atoms with Crippen LogP contribution in [0.4, 0.5) is 34.1 Å². The van der Waals surface area contributed by atoms with E-state index in [0.29, 0.717) is 0 Å². The van der Waals surface area contributed by atoms with E-state index in [1.54, 1.807) is 14.2 Å². The minimum Gasteiger partial charge on any atom is -0.497 e. The highest BCUT2D eigenvalue weighted by atomic mass is 16.5. The molecule has 0 bridgehead atoms. The molecule has 4 aliphatic rings. The molecule has 140 heavy (non-hydrogen) atoms. The van der Waals surface area contributed by atoms with Crippen LogP contribution in [0.5, 0.6) is 11.5 Å². The number of aliphatic hydroxyl groups is 2. The molecule has 28 rings (SSSR count). The first-order chi connectivity index (χ1) is 69.0. The minimum absolute atomic E-state index is 0.00605. The van der Waals surface area contributed by atoms with Crippen molar-refractivity contribution >= 4 is 121 Å².